The molecular formula is C16H14FN3. The monoisotopic (exact) mass is 267 g/mol. The number of halogens is 1. The van der Waals surface area contributed by atoms with Gasteiger partial charge in [-0.1, -0.05) is 24.3 Å². The molecule has 0 aliphatic carbocycles. The van der Waals surface area contributed by atoms with E-state index < -0.39 is 0 Å². The fraction of sp³-hybridized carbons (Fsp3) is 0.125. The van der Waals surface area contributed by atoms with Crippen molar-refractivity contribution < 1.29 is 4.39 Å². The normalized spacial score (nSPS) is 12.5. The van der Waals surface area contributed by atoms with Crippen molar-refractivity contribution >= 4 is 11.0 Å². The van der Waals surface area contributed by atoms with Gasteiger partial charge in [0.05, 0.1) is 17.1 Å². The van der Waals surface area contributed by atoms with Crippen molar-refractivity contribution in [2.45, 2.75) is 6.04 Å². The Morgan fingerprint density at radius 1 is 1.00 bits per heavy atom. The molecule has 3 aromatic rings. The summed E-state index contributed by atoms with van der Waals surface area (Å²) < 4.78 is 14.0. The quantitative estimate of drug-likeness (QED) is 0.792. The zero-order valence-corrected chi connectivity index (χ0v) is 11.0. The highest BCUT2D eigenvalue weighted by molar-refractivity contribution is 5.74. The molecule has 4 heteroatoms. The maximum absolute atomic E-state index is 14.0. The molecule has 1 atom stereocenters. The van der Waals surface area contributed by atoms with Gasteiger partial charge in [-0.05, 0) is 30.8 Å². The van der Waals surface area contributed by atoms with E-state index in [1.807, 2.05) is 31.3 Å². The predicted molar refractivity (Wildman–Crippen MR) is 76.8 cm³/mol. The van der Waals surface area contributed by atoms with Crippen LogP contribution >= 0.6 is 0 Å². The van der Waals surface area contributed by atoms with Gasteiger partial charge in [-0.15, -0.1) is 0 Å². The average molecular weight is 267 g/mol. The number of fused-ring (bicyclic) bond motifs is 1. The molecule has 0 bridgehead atoms. The van der Waals surface area contributed by atoms with Crippen molar-refractivity contribution in [1.82, 2.24) is 15.3 Å². The lowest BCUT2D eigenvalue weighted by Crippen LogP contribution is -2.18. The second kappa shape index (κ2) is 5.35. The minimum atomic E-state index is -0.217. The van der Waals surface area contributed by atoms with E-state index in [2.05, 4.69) is 15.3 Å². The number of benzene rings is 2. The van der Waals surface area contributed by atoms with E-state index >= 15 is 0 Å². The minimum Gasteiger partial charge on any atom is -0.309 e. The lowest BCUT2D eigenvalue weighted by Gasteiger charge is -2.18. The van der Waals surface area contributed by atoms with Crippen LogP contribution in [0.4, 0.5) is 4.39 Å². The Morgan fingerprint density at radius 3 is 2.50 bits per heavy atom. The Bertz CT molecular complexity index is 742. The van der Waals surface area contributed by atoms with Crippen molar-refractivity contribution in [3.63, 3.8) is 0 Å². The summed E-state index contributed by atoms with van der Waals surface area (Å²) in [7, 11) is 1.82. The average Bonchev–Trinajstić information content (AvgIpc) is 2.50. The molecule has 1 aromatic heterocycles. The molecule has 3 rings (SSSR count). The topological polar surface area (TPSA) is 37.8 Å². The molecule has 1 N–H and O–H groups in total. The lowest BCUT2D eigenvalue weighted by atomic mass is 9.98. The number of aromatic nitrogens is 2. The van der Waals surface area contributed by atoms with Gasteiger partial charge in [-0.2, -0.15) is 0 Å². The highest BCUT2D eigenvalue weighted by atomic mass is 19.1. The highest BCUT2D eigenvalue weighted by Crippen LogP contribution is 2.25. The number of nitrogens with zero attached hydrogens (tertiary/aromatic N) is 2. The van der Waals surface area contributed by atoms with Gasteiger partial charge >= 0.3 is 0 Å². The van der Waals surface area contributed by atoms with Gasteiger partial charge in [0, 0.05) is 18.0 Å². The Kier molecular flexibility index (Phi) is 3.39. The van der Waals surface area contributed by atoms with E-state index in [0.717, 1.165) is 16.6 Å². The largest absolute Gasteiger partial charge is 0.309 e. The predicted octanol–water partition coefficient (Wildman–Crippen LogP) is 3.08. The first kappa shape index (κ1) is 12.7. The van der Waals surface area contributed by atoms with Gasteiger partial charge in [0.25, 0.3) is 0 Å². The third-order valence-corrected chi connectivity index (χ3v) is 3.33. The maximum atomic E-state index is 14.0. The van der Waals surface area contributed by atoms with Crippen molar-refractivity contribution in [2.75, 3.05) is 7.05 Å². The smallest absolute Gasteiger partial charge is 0.128 e. The van der Waals surface area contributed by atoms with E-state index in [4.69, 9.17) is 0 Å². The molecule has 20 heavy (non-hydrogen) atoms. The van der Waals surface area contributed by atoms with Crippen LogP contribution in [0.2, 0.25) is 0 Å². The summed E-state index contributed by atoms with van der Waals surface area (Å²) in [4.78, 5) is 8.53. The van der Waals surface area contributed by atoms with E-state index in [9.17, 15) is 4.39 Å². The molecule has 0 saturated carbocycles. The standard InChI is InChI=1S/C16H14FN3/c1-18-16(12-4-2-3-5-13(12)17)11-6-7-14-15(10-11)20-9-8-19-14/h2-10,16,18H,1H3. The van der Waals surface area contributed by atoms with Crippen LogP contribution in [0.15, 0.2) is 54.9 Å². The van der Waals surface area contributed by atoms with Crippen LogP contribution < -0.4 is 5.32 Å². The summed E-state index contributed by atoms with van der Waals surface area (Å²) >= 11 is 0. The summed E-state index contributed by atoms with van der Waals surface area (Å²) in [5.41, 5.74) is 3.23. The van der Waals surface area contributed by atoms with E-state index in [-0.39, 0.29) is 11.9 Å². The minimum absolute atomic E-state index is 0.206. The van der Waals surface area contributed by atoms with E-state index in [0.29, 0.717) is 5.56 Å². The first-order valence-corrected chi connectivity index (χ1v) is 6.42. The van der Waals surface area contributed by atoms with Gasteiger partial charge in [-0.3, -0.25) is 9.97 Å². The SMILES string of the molecule is CNC(c1ccc2nccnc2c1)c1ccccc1F. The summed E-state index contributed by atoms with van der Waals surface area (Å²) in [5.74, 6) is -0.217. The van der Waals surface area contributed by atoms with E-state index in [1.165, 1.54) is 6.07 Å². The Balaban J connectivity index is 2.10. The molecule has 2 aromatic carbocycles. The van der Waals surface area contributed by atoms with Crippen molar-refractivity contribution in [1.29, 1.82) is 0 Å². The highest BCUT2D eigenvalue weighted by Gasteiger charge is 2.16. The summed E-state index contributed by atoms with van der Waals surface area (Å²) in [6, 6.07) is 12.4. The third-order valence-electron chi connectivity index (χ3n) is 3.33. The van der Waals surface area contributed by atoms with Gasteiger partial charge in [0.15, 0.2) is 0 Å². The van der Waals surface area contributed by atoms with Crippen LogP contribution in [-0.2, 0) is 0 Å². The fourth-order valence-corrected chi connectivity index (χ4v) is 2.37. The summed E-state index contributed by atoms with van der Waals surface area (Å²) in [6.07, 6.45) is 3.32. The molecule has 1 heterocycles. The summed E-state index contributed by atoms with van der Waals surface area (Å²) in [5, 5.41) is 3.15. The Morgan fingerprint density at radius 2 is 1.75 bits per heavy atom. The second-order valence-electron chi connectivity index (χ2n) is 4.55. The molecule has 0 aliphatic rings. The van der Waals surface area contributed by atoms with Crippen LogP contribution in [0.3, 0.4) is 0 Å². The fourth-order valence-electron chi connectivity index (χ4n) is 2.37. The van der Waals surface area contributed by atoms with Crippen LogP contribution in [0.1, 0.15) is 17.2 Å². The number of nitrogens with one attached hydrogen (secondary N) is 1. The van der Waals surface area contributed by atoms with Gasteiger partial charge < -0.3 is 5.32 Å². The second-order valence-corrected chi connectivity index (χ2v) is 4.55. The summed E-state index contributed by atoms with van der Waals surface area (Å²) in [6.45, 7) is 0. The molecule has 0 amide bonds. The lowest BCUT2D eigenvalue weighted by molar-refractivity contribution is 0.576. The van der Waals surface area contributed by atoms with Crippen LogP contribution in [-0.4, -0.2) is 17.0 Å². The number of hydrogen-bond donors (Lipinski definition) is 1. The van der Waals surface area contributed by atoms with Gasteiger partial charge in [0.1, 0.15) is 5.82 Å². The zero-order chi connectivity index (χ0) is 13.9. The molecule has 0 fully saturated rings. The van der Waals surface area contributed by atoms with E-state index in [1.54, 1.807) is 24.5 Å². The first-order valence-electron chi connectivity index (χ1n) is 6.42. The molecule has 3 nitrogen and oxygen atoms in total. The Labute approximate surface area is 116 Å². The zero-order valence-electron chi connectivity index (χ0n) is 11.0. The molecule has 1 unspecified atom stereocenters. The molecule has 0 radical (unpaired) electrons. The Hall–Kier alpha value is -2.33. The van der Waals surface area contributed by atoms with Crippen LogP contribution in [0, 0.1) is 5.82 Å². The van der Waals surface area contributed by atoms with Crippen molar-refractivity contribution in [3.05, 3.63) is 71.8 Å². The van der Waals surface area contributed by atoms with Crippen LogP contribution in [0.5, 0.6) is 0 Å². The van der Waals surface area contributed by atoms with Gasteiger partial charge in [-0.25, -0.2) is 4.39 Å². The maximum Gasteiger partial charge on any atom is 0.128 e. The number of rotatable bonds is 3. The molecule has 0 saturated heterocycles. The van der Waals surface area contributed by atoms with Crippen LogP contribution in [0.25, 0.3) is 11.0 Å². The number of hydrogen-bond acceptors (Lipinski definition) is 3. The van der Waals surface area contributed by atoms with Gasteiger partial charge in [0.2, 0.25) is 0 Å². The molecule has 0 aliphatic heterocycles. The first-order chi connectivity index (χ1) is 9.79. The van der Waals surface area contributed by atoms with Crippen molar-refractivity contribution in [2.24, 2.45) is 0 Å². The third kappa shape index (κ3) is 2.26. The molecule has 100 valence electrons. The molecule has 0 spiro atoms. The van der Waals surface area contributed by atoms with Crippen molar-refractivity contribution in [3.8, 4) is 0 Å². The molecular weight excluding hydrogens is 253 g/mol.